The molecule has 88 valence electrons. The first-order valence-corrected chi connectivity index (χ1v) is 6.57. The molecule has 0 bridgehead atoms. The summed E-state index contributed by atoms with van der Waals surface area (Å²) in [5.74, 6) is 0.138. The van der Waals surface area contributed by atoms with Crippen LogP contribution in [0.3, 0.4) is 0 Å². The number of rotatable bonds is 4. The van der Waals surface area contributed by atoms with Crippen molar-refractivity contribution in [1.29, 1.82) is 0 Å². The summed E-state index contributed by atoms with van der Waals surface area (Å²) in [6, 6.07) is 7.65. The molecule has 0 atom stereocenters. The molecule has 0 aliphatic carbocycles. The molecule has 1 aromatic carbocycles. The van der Waals surface area contributed by atoms with Gasteiger partial charge in [0.25, 0.3) is 0 Å². The monoisotopic (exact) mass is 340 g/mol. The fourth-order valence-electron chi connectivity index (χ4n) is 1.62. The summed E-state index contributed by atoms with van der Waals surface area (Å²) in [7, 11) is 0. The second-order valence-corrected chi connectivity index (χ2v) is 5.06. The molecule has 2 rings (SSSR count). The second-order valence-electron chi connectivity index (χ2n) is 3.81. The van der Waals surface area contributed by atoms with Crippen molar-refractivity contribution in [3.63, 3.8) is 0 Å². The number of nitrogens with zero attached hydrogens (tertiary/aromatic N) is 2. The Morgan fingerprint density at radius 2 is 2.29 bits per heavy atom. The van der Waals surface area contributed by atoms with Crippen LogP contribution in [0.2, 0.25) is 0 Å². The molecule has 1 heterocycles. The van der Waals surface area contributed by atoms with E-state index in [1.54, 1.807) is 6.20 Å². The first kappa shape index (κ1) is 12.3. The van der Waals surface area contributed by atoms with Crippen LogP contribution in [0.5, 0.6) is 0 Å². The molecule has 0 amide bonds. The average molecular weight is 340 g/mol. The summed E-state index contributed by atoms with van der Waals surface area (Å²) in [5.41, 5.74) is 1.73. The highest BCUT2D eigenvalue weighted by Crippen LogP contribution is 2.11. The SMILES string of the molecule is CCn1cc(CC(=O)c2cccc(I)c2)cn1. The molecule has 3 nitrogen and oxygen atoms in total. The van der Waals surface area contributed by atoms with Crippen LogP contribution >= 0.6 is 22.6 Å². The summed E-state index contributed by atoms with van der Waals surface area (Å²) in [6.07, 6.45) is 4.10. The van der Waals surface area contributed by atoms with Gasteiger partial charge >= 0.3 is 0 Å². The number of aryl methyl sites for hydroxylation is 1. The zero-order chi connectivity index (χ0) is 12.3. The highest BCUT2D eigenvalue weighted by molar-refractivity contribution is 14.1. The highest BCUT2D eigenvalue weighted by atomic mass is 127. The lowest BCUT2D eigenvalue weighted by Gasteiger charge is -1.99. The van der Waals surface area contributed by atoms with E-state index in [1.165, 1.54) is 0 Å². The number of carbonyl (C=O) groups is 1. The standard InChI is InChI=1S/C13H13IN2O/c1-2-16-9-10(8-15-16)6-13(17)11-4-3-5-12(14)7-11/h3-5,7-9H,2,6H2,1H3. The van der Waals surface area contributed by atoms with Crippen LogP contribution in [0, 0.1) is 3.57 Å². The lowest BCUT2D eigenvalue weighted by Crippen LogP contribution is -2.03. The molecule has 0 saturated heterocycles. The first-order chi connectivity index (χ1) is 8.19. The van der Waals surface area contributed by atoms with Crippen LogP contribution in [0.25, 0.3) is 0 Å². The van der Waals surface area contributed by atoms with E-state index in [1.807, 2.05) is 42.1 Å². The van der Waals surface area contributed by atoms with E-state index in [-0.39, 0.29) is 5.78 Å². The second kappa shape index (κ2) is 5.44. The predicted molar refractivity (Wildman–Crippen MR) is 75.1 cm³/mol. The van der Waals surface area contributed by atoms with Crippen LogP contribution < -0.4 is 0 Å². The van der Waals surface area contributed by atoms with E-state index in [9.17, 15) is 4.79 Å². The number of ketones is 1. The van der Waals surface area contributed by atoms with E-state index < -0.39 is 0 Å². The van der Waals surface area contributed by atoms with Gasteiger partial charge in [0.1, 0.15) is 0 Å². The van der Waals surface area contributed by atoms with Gasteiger partial charge in [-0.1, -0.05) is 12.1 Å². The zero-order valence-electron chi connectivity index (χ0n) is 9.56. The van der Waals surface area contributed by atoms with Crippen LogP contribution in [-0.4, -0.2) is 15.6 Å². The van der Waals surface area contributed by atoms with E-state index >= 15 is 0 Å². The molecule has 0 aliphatic rings. The van der Waals surface area contributed by atoms with E-state index in [0.29, 0.717) is 6.42 Å². The lowest BCUT2D eigenvalue weighted by molar-refractivity contribution is 0.0993. The topological polar surface area (TPSA) is 34.9 Å². The molecule has 4 heteroatoms. The fourth-order valence-corrected chi connectivity index (χ4v) is 2.16. The number of benzene rings is 1. The van der Waals surface area contributed by atoms with Gasteiger partial charge in [0, 0.05) is 28.3 Å². The van der Waals surface area contributed by atoms with Gasteiger partial charge < -0.3 is 0 Å². The van der Waals surface area contributed by atoms with Crippen LogP contribution in [0.4, 0.5) is 0 Å². The Bertz CT molecular complexity index is 534. The smallest absolute Gasteiger partial charge is 0.167 e. The van der Waals surface area contributed by atoms with Crippen molar-refractivity contribution in [3.05, 3.63) is 51.4 Å². The molecule has 2 aromatic rings. The largest absolute Gasteiger partial charge is 0.294 e. The summed E-state index contributed by atoms with van der Waals surface area (Å²) in [4.78, 5) is 12.0. The van der Waals surface area contributed by atoms with Gasteiger partial charge in [0.05, 0.1) is 6.20 Å². The van der Waals surface area contributed by atoms with Crippen molar-refractivity contribution in [2.45, 2.75) is 19.9 Å². The molecule has 1 aromatic heterocycles. The van der Waals surface area contributed by atoms with E-state index in [4.69, 9.17) is 0 Å². The van der Waals surface area contributed by atoms with Gasteiger partial charge in [0.15, 0.2) is 5.78 Å². The predicted octanol–water partition coefficient (Wildman–Crippen LogP) is 2.93. The average Bonchev–Trinajstić information content (AvgIpc) is 2.77. The molecule has 0 spiro atoms. The number of aromatic nitrogens is 2. The first-order valence-electron chi connectivity index (χ1n) is 5.49. The zero-order valence-corrected chi connectivity index (χ0v) is 11.7. The Kier molecular flexibility index (Phi) is 3.93. The van der Waals surface area contributed by atoms with Gasteiger partial charge in [-0.3, -0.25) is 9.48 Å². The Morgan fingerprint density at radius 1 is 1.47 bits per heavy atom. The number of halogens is 1. The summed E-state index contributed by atoms with van der Waals surface area (Å²) in [5, 5.41) is 4.16. The summed E-state index contributed by atoms with van der Waals surface area (Å²) >= 11 is 2.21. The minimum Gasteiger partial charge on any atom is -0.294 e. The van der Waals surface area contributed by atoms with Gasteiger partial charge in [-0.15, -0.1) is 0 Å². The third kappa shape index (κ3) is 3.15. The van der Waals surface area contributed by atoms with Gasteiger partial charge in [-0.05, 0) is 47.2 Å². The summed E-state index contributed by atoms with van der Waals surface area (Å²) in [6.45, 7) is 2.86. The van der Waals surface area contributed by atoms with Crippen molar-refractivity contribution in [1.82, 2.24) is 9.78 Å². The minimum atomic E-state index is 0.138. The van der Waals surface area contributed by atoms with Crippen molar-refractivity contribution >= 4 is 28.4 Å². The number of hydrogen-bond donors (Lipinski definition) is 0. The Balaban J connectivity index is 2.11. The molecule has 17 heavy (non-hydrogen) atoms. The third-order valence-corrected chi connectivity index (χ3v) is 3.19. The van der Waals surface area contributed by atoms with Crippen molar-refractivity contribution < 1.29 is 4.79 Å². The molecule has 0 aliphatic heterocycles. The maximum Gasteiger partial charge on any atom is 0.167 e. The van der Waals surface area contributed by atoms with Crippen LogP contribution in [0.15, 0.2) is 36.7 Å². The Hall–Kier alpha value is -1.17. The summed E-state index contributed by atoms with van der Waals surface area (Å²) < 4.78 is 2.91. The maximum absolute atomic E-state index is 12.0. The normalized spacial score (nSPS) is 10.5. The van der Waals surface area contributed by atoms with Gasteiger partial charge in [0.2, 0.25) is 0 Å². The Labute approximate surface area is 114 Å². The van der Waals surface area contributed by atoms with Crippen LogP contribution in [-0.2, 0) is 13.0 Å². The molecule has 0 saturated carbocycles. The quantitative estimate of drug-likeness (QED) is 0.634. The molecular weight excluding hydrogens is 327 g/mol. The molecular formula is C13H13IN2O. The number of hydrogen-bond acceptors (Lipinski definition) is 2. The highest BCUT2D eigenvalue weighted by Gasteiger charge is 2.08. The van der Waals surface area contributed by atoms with Gasteiger partial charge in [-0.2, -0.15) is 5.10 Å². The minimum absolute atomic E-state index is 0.138. The van der Waals surface area contributed by atoms with Crippen molar-refractivity contribution in [2.75, 3.05) is 0 Å². The lowest BCUT2D eigenvalue weighted by atomic mass is 10.1. The number of carbonyl (C=O) groups excluding carboxylic acids is 1. The van der Waals surface area contributed by atoms with Crippen molar-refractivity contribution in [2.24, 2.45) is 0 Å². The molecule has 0 radical (unpaired) electrons. The Morgan fingerprint density at radius 3 is 2.94 bits per heavy atom. The molecule has 0 N–H and O–H groups in total. The number of Topliss-reactive ketones (excluding diaryl/α,β-unsaturated/α-hetero) is 1. The molecule has 0 fully saturated rings. The maximum atomic E-state index is 12.0. The van der Waals surface area contributed by atoms with E-state index in [0.717, 1.165) is 21.2 Å². The van der Waals surface area contributed by atoms with Crippen molar-refractivity contribution in [3.8, 4) is 0 Å². The fraction of sp³-hybridized carbons (Fsp3) is 0.231. The molecule has 0 unspecified atom stereocenters. The van der Waals surface area contributed by atoms with Crippen LogP contribution in [0.1, 0.15) is 22.8 Å². The van der Waals surface area contributed by atoms with Gasteiger partial charge in [-0.25, -0.2) is 0 Å². The third-order valence-electron chi connectivity index (χ3n) is 2.52. The van der Waals surface area contributed by atoms with E-state index in [2.05, 4.69) is 27.7 Å².